The summed E-state index contributed by atoms with van der Waals surface area (Å²) < 4.78 is 14.2. The Morgan fingerprint density at radius 1 is 1.27 bits per heavy atom. The molecule has 0 heterocycles. The third-order valence-electron chi connectivity index (χ3n) is 7.33. The SMILES string of the molecule is C[C@]12C=C[C@H](O)CC1=CC[C@@H]1[C@@H]2CC[C@]2(C)C(N)=C(F)C[C@@H]12. The van der Waals surface area contributed by atoms with Crippen LogP contribution in [-0.2, 0) is 0 Å². The predicted octanol–water partition coefficient (Wildman–Crippen LogP) is 3.84. The fourth-order valence-electron chi connectivity index (χ4n) is 5.88. The lowest BCUT2D eigenvalue weighted by atomic mass is 9.49. The van der Waals surface area contributed by atoms with E-state index < -0.39 is 0 Å². The summed E-state index contributed by atoms with van der Waals surface area (Å²) in [5.74, 6) is 1.32. The van der Waals surface area contributed by atoms with Crippen LogP contribution in [0.5, 0.6) is 0 Å². The largest absolute Gasteiger partial charge is 0.400 e. The standard InChI is InChI=1S/C19H26FNO/c1-18-7-5-12(22)9-11(18)3-4-13-14(18)6-8-19(2)15(13)10-16(20)17(19)21/h3,5,7,12-15,22H,4,6,8-10,21H2,1-2H3/t12-,13+,14-,15-,18-,19-/m0/s1. The van der Waals surface area contributed by atoms with Gasteiger partial charge in [-0.15, -0.1) is 0 Å². The van der Waals surface area contributed by atoms with Gasteiger partial charge in [-0.3, -0.25) is 0 Å². The van der Waals surface area contributed by atoms with Crippen molar-refractivity contribution in [1.29, 1.82) is 0 Å². The zero-order valence-electron chi connectivity index (χ0n) is 13.5. The molecule has 0 radical (unpaired) electrons. The molecule has 0 aromatic carbocycles. The number of fused-ring (bicyclic) bond motifs is 5. The number of rotatable bonds is 0. The third kappa shape index (κ3) is 1.69. The Hall–Kier alpha value is -1.09. The summed E-state index contributed by atoms with van der Waals surface area (Å²) in [6, 6.07) is 0. The summed E-state index contributed by atoms with van der Waals surface area (Å²) in [6.45, 7) is 4.47. The molecule has 0 aliphatic heterocycles. The van der Waals surface area contributed by atoms with Crippen LogP contribution in [0, 0.1) is 28.6 Å². The fourth-order valence-corrected chi connectivity index (χ4v) is 5.88. The second kappa shape index (κ2) is 4.47. The minimum absolute atomic E-state index is 0.0390. The van der Waals surface area contributed by atoms with Gasteiger partial charge in [-0.1, -0.05) is 37.6 Å². The average Bonchev–Trinajstić information content (AvgIpc) is 2.72. The van der Waals surface area contributed by atoms with E-state index in [9.17, 15) is 9.50 Å². The van der Waals surface area contributed by atoms with Crippen LogP contribution in [0.1, 0.15) is 46.0 Å². The first-order valence-electron chi connectivity index (χ1n) is 8.58. The van der Waals surface area contributed by atoms with Crippen molar-refractivity contribution in [2.75, 3.05) is 0 Å². The second-order valence-corrected chi connectivity index (χ2v) is 8.23. The van der Waals surface area contributed by atoms with E-state index in [-0.39, 0.29) is 22.8 Å². The van der Waals surface area contributed by atoms with Gasteiger partial charge < -0.3 is 10.8 Å². The van der Waals surface area contributed by atoms with Gasteiger partial charge in [0.1, 0.15) is 5.83 Å². The van der Waals surface area contributed by atoms with Crippen LogP contribution in [0.25, 0.3) is 0 Å². The molecule has 0 saturated heterocycles. The lowest BCUT2D eigenvalue weighted by Gasteiger charge is -2.55. The van der Waals surface area contributed by atoms with Gasteiger partial charge in [-0.05, 0) is 43.4 Å². The van der Waals surface area contributed by atoms with E-state index >= 15 is 0 Å². The van der Waals surface area contributed by atoms with E-state index in [4.69, 9.17) is 5.73 Å². The predicted molar refractivity (Wildman–Crippen MR) is 85.3 cm³/mol. The van der Waals surface area contributed by atoms with Gasteiger partial charge in [0, 0.05) is 22.9 Å². The first-order valence-corrected chi connectivity index (χ1v) is 8.58. The zero-order valence-corrected chi connectivity index (χ0v) is 13.5. The maximum atomic E-state index is 14.2. The Bertz CT molecular complexity index is 607. The lowest BCUT2D eigenvalue weighted by Crippen LogP contribution is -2.49. The first-order chi connectivity index (χ1) is 10.4. The normalized spacial score (nSPS) is 50.3. The van der Waals surface area contributed by atoms with Crippen molar-refractivity contribution in [1.82, 2.24) is 0 Å². The molecule has 4 aliphatic carbocycles. The number of aliphatic hydroxyl groups is 1. The Labute approximate surface area is 132 Å². The summed E-state index contributed by atoms with van der Waals surface area (Å²) in [4.78, 5) is 0. The molecule has 0 unspecified atom stereocenters. The number of hydrogen-bond acceptors (Lipinski definition) is 2. The molecule has 3 heteroatoms. The smallest absolute Gasteiger partial charge is 0.119 e. The maximum Gasteiger partial charge on any atom is 0.119 e. The van der Waals surface area contributed by atoms with E-state index in [1.54, 1.807) is 0 Å². The van der Waals surface area contributed by atoms with Crippen molar-refractivity contribution in [2.24, 2.45) is 34.3 Å². The molecule has 0 aromatic rings. The van der Waals surface area contributed by atoms with Gasteiger partial charge in [0.15, 0.2) is 0 Å². The van der Waals surface area contributed by atoms with Gasteiger partial charge in [0.05, 0.1) is 6.10 Å². The maximum absolute atomic E-state index is 14.2. The summed E-state index contributed by atoms with van der Waals surface area (Å²) in [5, 5.41) is 9.92. The van der Waals surface area contributed by atoms with Crippen LogP contribution >= 0.6 is 0 Å². The van der Waals surface area contributed by atoms with E-state index in [2.05, 4.69) is 26.0 Å². The Morgan fingerprint density at radius 3 is 2.82 bits per heavy atom. The third-order valence-corrected chi connectivity index (χ3v) is 7.33. The van der Waals surface area contributed by atoms with Crippen LogP contribution in [-0.4, -0.2) is 11.2 Å². The Balaban J connectivity index is 1.72. The molecule has 0 amide bonds. The molecule has 4 aliphatic rings. The van der Waals surface area contributed by atoms with E-state index in [1.807, 2.05) is 6.08 Å². The van der Waals surface area contributed by atoms with E-state index in [1.165, 1.54) is 5.57 Å². The molecule has 22 heavy (non-hydrogen) atoms. The fraction of sp³-hybridized carbons (Fsp3) is 0.684. The molecule has 0 spiro atoms. The summed E-state index contributed by atoms with van der Waals surface area (Å²) in [5.41, 5.74) is 7.91. The molecule has 120 valence electrons. The number of allylic oxidation sites excluding steroid dienone is 4. The van der Waals surface area contributed by atoms with Crippen molar-refractivity contribution in [2.45, 2.75) is 52.1 Å². The highest BCUT2D eigenvalue weighted by Gasteiger charge is 2.57. The van der Waals surface area contributed by atoms with Crippen LogP contribution in [0.2, 0.25) is 0 Å². The highest BCUT2D eigenvalue weighted by atomic mass is 19.1. The molecular weight excluding hydrogens is 277 g/mol. The number of nitrogens with two attached hydrogens (primary N) is 1. The first kappa shape index (κ1) is 14.5. The summed E-state index contributed by atoms with van der Waals surface area (Å²) >= 11 is 0. The van der Waals surface area contributed by atoms with Gasteiger partial charge in [0.25, 0.3) is 0 Å². The zero-order chi connectivity index (χ0) is 15.7. The molecule has 1 saturated carbocycles. The van der Waals surface area contributed by atoms with Crippen LogP contribution in [0.4, 0.5) is 4.39 Å². The van der Waals surface area contributed by atoms with Crippen molar-refractivity contribution in [3.63, 3.8) is 0 Å². The van der Waals surface area contributed by atoms with Gasteiger partial charge in [0.2, 0.25) is 0 Å². The average molecular weight is 303 g/mol. The van der Waals surface area contributed by atoms with Crippen molar-refractivity contribution >= 4 is 0 Å². The molecule has 0 aromatic heterocycles. The van der Waals surface area contributed by atoms with Gasteiger partial charge >= 0.3 is 0 Å². The second-order valence-electron chi connectivity index (χ2n) is 8.23. The van der Waals surface area contributed by atoms with Crippen molar-refractivity contribution < 1.29 is 9.50 Å². The van der Waals surface area contributed by atoms with Crippen molar-refractivity contribution in [3.8, 4) is 0 Å². The van der Waals surface area contributed by atoms with Gasteiger partial charge in [-0.25, -0.2) is 4.39 Å². The molecule has 6 atom stereocenters. The lowest BCUT2D eigenvalue weighted by molar-refractivity contribution is 0.00325. The Kier molecular flexibility index (Phi) is 2.95. The monoisotopic (exact) mass is 303 g/mol. The van der Waals surface area contributed by atoms with E-state index in [0.29, 0.717) is 29.9 Å². The molecule has 4 rings (SSSR count). The van der Waals surface area contributed by atoms with Crippen LogP contribution in [0.15, 0.2) is 35.3 Å². The summed E-state index contributed by atoms with van der Waals surface area (Å²) in [7, 11) is 0. The number of halogens is 1. The molecule has 0 bridgehead atoms. The summed E-state index contributed by atoms with van der Waals surface area (Å²) in [6.07, 6.45) is 10.5. The Morgan fingerprint density at radius 2 is 2.05 bits per heavy atom. The molecular formula is C19H26FNO. The van der Waals surface area contributed by atoms with E-state index in [0.717, 1.165) is 25.7 Å². The molecule has 1 fully saturated rings. The quantitative estimate of drug-likeness (QED) is 0.668. The molecule has 3 N–H and O–H groups in total. The minimum Gasteiger partial charge on any atom is -0.400 e. The highest BCUT2D eigenvalue weighted by molar-refractivity contribution is 5.35. The minimum atomic E-state index is -0.342. The topological polar surface area (TPSA) is 46.2 Å². The van der Waals surface area contributed by atoms with Crippen molar-refractivity contribution in [3.05, 3.63) is 35.3 Å². The highest BCUT2D eigenvalue weighted by Crippen LogP contribution is 2.64. The molecule has 2 nitrogen and oxygen atoms in total. The van der Waals surface area contributed by atoms with Crippen LogP contribution in [0.3, 0.4) is 0 Å². The van der Waals surface area contributed by atoms with Crippen LogP contribution < -0.4 is 5.73 Å². The number of aliphatic hydroxyl groups excluding tert-OH is 1. The van der Waals surface area contributed by atoms with Gasteiger partial charge in [-0.2, -0.15) is 0 Å². The number of hydrogen-bond donors (Lipinski definition) is 2.